The second-order valence-electron chi connectivity index (χ2n) is 4.54. The predicted molar refractivity (Wildman–Crippen MR) is 75.4 cm³/mol. The Labute approximate surface area is 112 Å². The highest BCUT2D eigenvalue weighted by atomic mass is 16.5. The third kappa shape index (κ3) is 3.03. The molecule has 1 heterocycles. The summed E-state index contributed by atoms with van der Waals surface area (Å²) in [5, 5.41) is 0. The Balaban J connectivity index is 2.30. The highest BCUT2D eigenvalue weighted by Crippen LogP contribution is 2.25. The lowest BCUT2D eigenvalue weighted by molar-refractivity contribution is 0.401. The molecule has 1 aromatic carbocycles. The van der Waals surface area contributed by atoms with Gasteiger partial charge in [-0.25, -0.2) is 0 Å². The number of ether oxygens (including phenoxy) is 1. The van der Waals surface area contributed by atoms with Crippen LogP contribution in [0.5, 0.6) is 5.75 Å². The third-order valence-corrected chi connectivity index (χ3v) is 3.08. The molecule has 2 rings (SSSR count). The van der Waals surface area contributed by atoms with Crippen molar-refractivity contribution in [3.63, 3.8) is 0 Å². The molecule has 2 N–H and O–H groups in total. The highest BCUT2D eigenvalue weighted by Gasteiger charge is 2.13. The van der Waals surface area contributed by atoms with E-state index in [1.54, 1.807) is 23.9 Å². The molecule has 0 saturated carbocycles. The van der Waals surface area contributed by atoms with E-state index in [1.165, 1.54) is 6.07 Å². The van der Waals surface area contributed by atoms with Gasteiger partial charge in [0.1, 0.15) is 5.75 Å². The monoisotopic (exact) mass is 258 g/mol. The molecule has 0 radical (unpaired) electrons. The molecule has 0 spiro atoms. The molecule has 0 fully saturated rings. The minimum absolute atomic E-state index is 0.0513. The van der Waals surface area contributed by atoms with Crippen LogP contribution in [0.4, 0.5) is 0 Å². The number of hydrogen-bond acceptors (Lipinski definition) is 3. The van der Waals surface area contributed by atoms with Crippen molar-refractivity contribution in [3.05, 3.63) is 64.1 Å². The van der Waals surface area contributed by atoms with Crippen molar-refractivity contribution >= 4 is 0 Å². The number of nitrogens with zero attached hydrogens (tertiary/aromatic N) is 1. The maximum absolute atomic E-state index is 11.7. The fourth-order valence-electron chi connectivity index (χ4n) is 2.07. The zero-order chi connectivity index (χ0) is 13.8. The van der Waals surface area contributed by atoms with E-state index in [0.29, 0.717) is 6.54 Å². The number of methoxy groups -OCH3 is 1. The molecule has 19 heavy (non-hydrogen) atoms. The zero-order valence-electron chi connectivity index (χ0n) is 11.2. The van der Waals surface area contributed by atoms with Gasteiger partial charge >= 0.3 is 0 Å². The van der Waals surface area contributed by atoms with Gasteiger partial charge in [0.15, 0.2) is 0 Å². The predicted octanol–water partition coefficient (Wildman–Crippen LogP) is 1.87. The minimum atomic E-state index is -0.282. The van der Waals surface area contributed by atoms with Crippen LogP contribution in [-0.2, 0) is 6.54 Å². The Morgan fingerprint density at radius 2 is 2.11 bits per heavy atom. The topological polar surface area (TPSA) is 57.2 Å². The summed E-state index contributed by atoms with van der Waals surface area (Å²) in [4.78, 5) is 11.7. The molecule has 2 aromatic rings. The number of hydrogen-bond donors (Lipinski definition) is 1. The van der Waals surface area contributed by atoms with Gasteiger partial charge in [0, 0.05) is 24.4 Å². The van der Waals surface area contributed by atoms with E-state index in [1.807, 2.05) is 31.2 Å². The van der Waals surface area contributed by atoms with Gasteiger partial charge in [-0.05, 0) is 19.1 Å². The van der Waals surface area contributed by atoms with Crippen molar-refractivity contribution in [2.24, 2.45) is 5.73 Å². The molecule has 4 nitrogen and oxygen atoms in total. The van der Waals surface area contributed by atoms with Crippen LogP contribution in [0.1, 0.15) is 17.2 Å². The minimum Gasteiger partial charge on any atom is -0.496 e. The second kappa shape index (κ2) is 5.71. The smallest absolute Gasteiger partial charge is 0.250 e. The number of rotatable bonds is 4. The zero-order valence-corrected chi connectivity index (χ0v) is 11.2. The number of aromatic nitrogens is 1. The van der Waals surface area contributed by atoms with Crippen LogP contribution in [0.2, 0.25) is 0 Å². The highest BCUT2D eigenvalue weighted by molar-refractivity contribution is 5.38. The number of nitrogens with two attached hydrogens (primary N) is 1. The van der Waals surface area contributed by atoms with Gasteiger partial charge in [-0.1, -0.05) is 23.8 Å². The van der Waals surface area contributed by atoms with Crippen LogP contribution in [0.25, 0.3) is 0 Å². The fraction of sp³-hybridized carbons (Fsp3) is 0.267. The molecule has 1 atom stereocenters. The fourth-order valence-corrected chi connectivity index (χ4v) is 2.07. The van der Waals surface area contributed by atoms with E-state index in [9.17, 15) is 4.79 Å². The van der Waals surface area contributed by atoms with Gasteiger partial charge in [-0.2, -0.15) is 0 Å². The maximum atomic E-state index is 11.7. The largest absolute Gasteiger partial charge is 0.496 e. The lowest BCUT2D eigenvalue weighted by Gasteiger charge is -2.17. The number of pyridine rings is 1. The molecule has 100 valence electrons. The second-order valence-corrected chi connectivity index (χ2v) is 4.54. The summed E-state index contributed by atoms with van der Waals surface area (Å²) in [6.45, 7) is 2.43. The summed E-state index contributed by atoms with van der Waals surface area (Å²) in [5.74, 6) is 0.752. The first-order chi connectivity index (χ1) is 9.11. The molecule has 0 aliphatic rings. The molecule has 0 bridgehead atoms. The first-order valence-electron chi connectivity index (χ1n) is 6.17. The quantitative estimate of drug-likeness (QED) is 0.910. The molecule has 4 heteroatoms. The van der Waals surface area contributed by atoms with E-state index in [0.717, 1.165) is 16.9 Å². The number of benzene rings is 1. The molecule has 0 amide bonds. The van der Waals surface area contributed by atoms with Crippen LogP contribution in [0.3, 0.4) is 0 Å². The molecular weight excluding hydrogens is 240 g/mol. The van der Waals surface area contributed by atoms with Crippen molar-refractivity contribution in [3.8, 4) is 5.75 Å². The molecule has 1 aromatic heterocycles. The molecule has 1 unspecified atom stereocenters. The van der Waals surface area contributed by atoms with Crippen LogP contribution in [0.15, 0.2) is 47.4 Å². The normalized spacial score (nSPS) is 12.2. The van der Waals surface area contributed by atoms with Crippen molar-refractivity contribution in [2.75, 3.05) is 7.11 Å². The van der Waals surface area contributed by atoms with Gasteiger partial charge < -0.3 is 15.0 Å². The van der Waals surface area contributed by atoms with Crippen LogP contribution in [-0.4, -0.2) is 11.7 Å². The third-order valence-electron chi connectivity index (χ3n) is 3.08. The lowest BCUT2D eigenvalue weighted by atomic mass is 10.0. The van der Waals surface area contributed by atoms with Crippen LogP contribution >= 0.6 is 0 Å². The van der Waals surface area contributed by atoms with E-state index < -0.39 is 0 Å². The molecule has 0 aliphatic carbocycles. The standard InChI is InChI=1S/C15H18N2O2/c1-11-6-7-14(19-2)12(9-11)13(16)10-17-8-4-3-5-15(17)18/h3-9,13H,10,16H2,1-2H3. The van der Waals surface area contributed by atoms with Gasteiger partial charge in [0.2, 0.25) is 0 Å². The van der Waals surface area contributed by atoms with Gasteiger partial charge in [0.25, 0.3) is 5.56 Å². The Morgan fingerprint density at radius 3 is 2.79 bits per heavy atom. The Bertz CT molecular complexity index is 620. The summed E-state index contributed by atoms with van der Waals surface area (Å²) in [6.07, 6.45) is 1.74. The Hall–Kier alpha value is -2.07. The first kappa shape index (κ1) is 13.4. The van der Waals surface area contributed by atoms with E-state index in [2.05, 4.69) is 0 Å². The Morgan fingerprint density at radius 1 is 1.32 bits per heavy atom. The summed E-state index contributed by atoms with van der Waals surface area (Å²) in [5.41, 5.74) is 8.18. The van der Waals surface area contributed by atoms with Crippen LogP contribution in [0, 0.1) is 6.92 Å². The molecule has 0 aliphatic heterocycles. The summed E-state index contributed by atoms with van der Waals surface area (Å²) in [6, 6.07) is 10.7. The number of aryl methyl sites for hydroxylation is 1. The van der Waals surface area contributed by atoms with E-state index in [-0.39, 0.29) is 11.6 Å². The summed E-state index contributed by atoms with van der Waals surface area (Å²) >= 11 is 0. The molecular formula is C15H18N2O2. The average Bonchev–Trinajstić information content (AvgIpc) is 2.41. The summed E-state index contributed by atoms with van der Waals surface area (Å²) in [7, 11) is 1.62. The lowest BCUT2D eigenvalue weighted by Crippen LogP contribution is -2.26. The van der Waals surface area contributed by atoms with Crippen molar-refractivity contribution < 1.29 is 4.74 Å². The van der Waals surface area contributed by atoms with E-state index >= 15 is 0 Å². The SMILES string of the molecule is COc1ccc(C)cc1C(N)Cn1ccccc1=O. The van der Waals surface area contributed by atoms with Gasteiger partial charge in [-0.15, -0.1) is 0 Å². The van der Waals surface area contributed by atoms with Crippen LogP contribution < -0.4 is 16.0 Å². The van der Waals surface area contributed by atoms with Crippen molar-refractivity contribution in [1.29, 1.82) is 0 Å². The van der Waals surface area contributed by atoms with Gasteiger partial charge in [-0.3, -0.25) is 4.79 Å². The maximum Gasteiger partial charge on any atom is 0.250 e. The average molecular weight is 258 g/mol. The molecule has 0 saturated heterocycles. The Kier molecular flexibility index (Phi) is 4.02. The van der Waals surface area contributed by atoms with Gasteiger partial charge in [0.05, 0.1) is 13.2 Å². The van der Waals surface area contributed by atoms with E-state index in [4.69, 9.17) is 10.5 Å². The summed E-state index contributed by atoms with van der Waals surface area (Å²) < 4.78 is 6.93. The van der Waals surface area contributed by atoms with Crippen molar-refractivity contribution in [2.45, 2.75) is 19.5 Å². The first-order valence-corrected chi connectivity index (χ1v) is 6.17. The van der Waals surface area contributed by atoms with Crippen molar-refractivity contribution in [1.82, 2.24) is 4.57 Å².